The summed E-state index contributed by atoms with van der Waals surface area (Å²) in [6.07, 6.45) is 0. The largest absolute Gasteiger partial charge is 0.463 e. The zero-order valence-electron chi connectivity index (χ0n) is 12.9. The normalized spacial score (nSPS) is 25.7. The van der Waals surface area contributed by atoms with Gasteiger partial charge in [-0.1, -0.05) is 30.3 Å². The third-order valence-corrected chi connectivity index (χ3v) is 4.89. The van der Waals surface area contributed by atoms with Crippen LogP contribution < -0.4 is 0 Å². The average molecular weight is 273 g/mol. The molecule has 1 aromatic carbocycles. The Morgan fingerprint density at radius 2 is 1.60 bits per heavy atom. The number of likely N-dealkylation sites (tertiary alicyclic amines) is 1. The third kappa shape index (κ3) is 2.52. The lowest BCUT2D eigenvalue weighted by Gasteiger charge is -2.40. The van der Waals surface area contributed by atoms with Crippen molar-refractivity contribution >= 4 is 7.12 Å². The first kappa shape index (κ1) is 14.1. The molecule has 20 heavy (non-hydrogen) atoms. The zero-order chi connectivity index (χ0) is 14.4. The summed E-state index contributed by atoms with van der Waals surface area (Å²) in [4.78, 5) is 2.45. The SMILES string of the molecule is CC1(C)OB(C2CN(Cc3ccccc3)C2)OC1(C)C. The van der Waals surface area contributed by atoms with E-state index >= 15 is 0 Å². The first-order valence-electron chi connectivity index (χ1n) is 7.49. The van der Waals surface area contributed by atoms with Gasteiger partial charge in [-0.25, -0.2) is 0 Å². The molecule has 4 heteroatoms. The molecule has 0 unspecified atom stereocenters. The minimum atomic E-state index is -0.211. The molecule has 1 aromatic rings. The van der Waals surface area contributed by atoms with Gasteiger partial charge in [-0.2, -0.15) is 0 Å². The van der Waals surface area contributed by atoms with Gasteiger partial charge in [0.2, 0.25) is 0 Å². The van der Waals surface area contributed by atoms with Crippen LogP contribution in [0.15, 0.2) is 30.3 Å². The van der Waals surface area contributed by atoms with E-state index in [-0.39, 0.29) is 18.3 Å². The van der Waals surface area contributed by atoms with Crippen LogP contribution in [0.25, 0.3) is 0 Å². The van der Waals surface area contributed by atoms with Crippen LogP contribution in [0.3, 0.4) is 0 Å². The molecule has 0 bridgehead atoms. The van der Waals surface area contributed by atoms with E-state index in [0.29, 0.717) is 5.82 Å². The zero-order valence-corrected chi connectivity index (χ0v) is 12.9. The van der Waals surface area contributed by atoms with E-state index in [0.717, 1.165) is 19.6 Å². The predicted octanol–water partition coefficient (Wildman–Crippen LogP) is 2.96. The van der Waals surface area contributed by atoms with Crippen LogP contribution in [0.4, 0.5) is 0 Å². The van der Waals surface area contributed by atoms with Crippen LogP contribution in [-0.2, 0) is 15.9 Å². The fourth-order valence-electron chi connectivity index (χ4n) is 2.83. The van der Waals surface area contributed by atoms with Crippen molar-refractivity contribution < 1.29 is 9.31 Å². The van der Waals surface area contributed by atoms with Gasteiger partial charge in [0.15, 0.2) is 0 Å². The van der Waals surface area contributed by atoms with Gasteiger partial charge in [0.1, 0.15) is 0 Å². The van der Waals surface area contributed by atoms with Crippen molar-refractivity contribution in [2.75, 3.05) is 13.1 Å². The van der Waals surface area contributed by atoms with Gasteiger partial charge in [-0.3, -0.25) is 4.90 Å². The van der Waals surface area contributed by atoms with Gasteiger partial charge in [-0.15, -0.1) is 0 Å². The Morgan fingerprint density at radius 1 is 1.05 bits per heavy atom. The second kappa shape index (κ2) is 4.87. The maximum Gasteiger partial charge on any atom is 0.463 e. The molecule has 0 radical (unpaired) electrons. The number of rotatable bonds is 3. The van der Waals surface area contributed by atoms with Gasteiger partial charge in [0, 0.05) is 25.5 Å². The van der Waals surface area contributed by atoms with E-state index < -0.39 is 0 Å². The summed E-state index contributed by atoms with van der Waals surface area (Å²) in [6.45, 7) is 11.6. The molecule has 0 N–H and O–H groups in total. The fraction of sp³-hybridized carbons (Fsp3) is 0.625. The topological polar surface area (TPSA) is 21.7 Å². The maximum absolute atomic E-state index is 6.12. The first-order valence-corrected chi connectivity index (χ1v) is 7.49. The summed E-state index contributed by atoms with van der Waals surface area (Å²) in [5, 5.41) is 0. The summed E-state index contributed by atoms with van der Waals surface area (Å²) >= 11 is 0. The summed E-state index contributed by atoms with van der Waals surface area (Å²) in [7, 11) is -0.0491. The monoisotopic (exact) mass is 273 g/mol. The number of hydrogen-bond donors (Lipinski definition) is 0. The van der Waals surface area contributed by atoms with Crippen molar-refractivity contribution in [3.8, 4) is 0 Å². The van der Waals surface area contributed by atoms with Crippen LogP contribution >= 0.6 is 0 Å². The lowest BCUT2D eigenvalue weighted by molar-refractivity contribution is 0.00578. The molecule has 0 amide bonds. The Morgan fingerprint density at radius 3 is 2.15 bits per heavy atom. The molecule has 108 valence electrons. The highest BCUT2D eigenvalue weighted by Crippen LogP contribution is 2.42. The fourth-order valence-corrected chi connectivity index (χ4v) is 2.83. The van der Waals surface area contributed by atoms with Gasteiger partial charge >= 0.3 is 7.12 Å². The lowest BCUT2D eigenvalue weighted by Crippen LogP contribution is -2.50. The molecule has 2 aliphatic heterocycles. The van der Waals surface area contributed by atoms with Crippen molar-refractivity contribution in [3.63, 3.8) is 0 Å². The molecule has 3 nitrogen and oxygen atoms in total. The molecule has 0 spiro atoms. The second-order valence-corrected chi connectivity index (χ2v) is 7.06. The smallest absolute Gasteiger partial charge is 0.403 e. The predicted molar refractivity (Wildman–Crippen MR) is 81.6 cm³/mol. The first-order chi connectivity index (χ1) is 9.37. The Balaban J connectivity index is 1.52. The van der Waals surface area contributed by atoms with E-state index in [4.69, 9.17) is 9.31 Å². The van der Waals surface area contributed by atoms with Crippen molar-refractivity contribution in [1.82, 2.24) is 4.90 Å². The Kier molecular flexibility index (Phi) is 3.43. The highest BCUT2D eigenvalue weighted by molar-refractivity contribution is 6.48. The highest BCUT2D eigenvalue weighted by atomic mass is 16.7. The van der Waals surface area contributed by atoms with Gasteiger partial charge in [0.25, 0.3) is 0 Å². The minimum Gasteiger partial charge on any atom is -0.403 e. The number of hydrogen-bond acceptors (Lipinski definition) is 3. The molecule has 2 heterocycles. The summed E-state index contributed by atoms with van der Waals surface area (Å²) < 4.78 is 12.2. The van der Waals surface area contributed by atoms with Crippen LogP contribution in [0, 0.1) is 0 Å². The van der Waals surface area contributed by atoms with Crippen molar-refractivity contribution in [2.45, 2.75) is 51.3 Å². The molecule has 0 aliphatic carbocycles. The minimum absolute atomic E-state index is 0.0491. The van der Waals surface area contributed by atoms with E-state index in [2.05, 4.69) is 62.9 Å². The van der Waals surface area contributed by atoms with Gasteiger partial charge in [-0.05, 0) is 33.3 Å². The number of nitrogens with zero attached hydrogens (tertiary/aromatic N) is 1. The molecule has 0 aromatic heterocycles. The molecule has 0 saturated carbocycles. The third-order valence-electron chi connectivity index (χ3n) is 4.89. The molecule has 2 saturated heterocycles. The average Bonchev–Trinajstić information content (AvgIpc) is 2.53. The molecule has 0 atom stereocenters. The molecule has 2 aliphatic rings. The Hall–Kier alpha value is -0.835. The van der Waals surface area contributed by atoms with Crippen molar-refractivity contribution in [3.05, 3.63) is 35.9 Å². The maximum atomic E-state index is 6.12. The van der Waals surface area contributed by atoms with Crippen LogP contribution in [0.1, 0.15) is 33.3 Å². The summed E-state index contributed by atoms with van der Waals surface area (Å²) in [6, 6.07) is 10.6. The van der Waals surface area contributed by atoms with E-state index in [1.807, 2.05) is 0 Å². The quantitative estimate of drug-likeness (QED) is 0.790. The van der Waals surface area contributed by atoms with Crippen LogP contribution in [0.5, 0.6) is 0 Å². The van der Waals surface area contributed by atoms with E-state index in [9.17, 15) is 0 Å². The number of benzene rings is 1. The van der Waals surface area contributed by atoms with Crippen molar-refractivity contribution in [1.29, 1.82) is 0 Å². The van der Waals surface area contributed by atoms with Crippen molar-refractivity contribution in [2.24, 2.45) is 0 Å². The van der Waals surface area contributed by atoms with Gasteiger partial charge < -0.3 is 9.31 Å². The highest BCUT2D eigenvalue weighted by Gasteiger charge is 2.55. The van der Waals surface area contributed by atoms with E-state index in [1.54, 1.807) is 0 Å². The molecular formula is C16H24BNO2. The van der Waals surface area contributed by atoms with Crippen LogP contribution in [0.2, 0.25) is 5.82 Å². The standard InChI is InChI=1S/C16H24BNO2/c1-15(2)16(3,4)20-17(19-15)14-11-18(12-14)10-13-8-6-5-7-9-13/h5-9,14H,10-12H2,1-4H3. The van der Waals surface area contributed by atoms with Gasteiger partial charge in [0.05, 0.1) is 11.2 Å². The summed E-state index contributed by atoms with van der Waals surface area (Å²) in [5.41, 5.74) is 0.953. The molecule has 2 fully saturated rings. The second-order valence-electron chi connectivity index (χ2n) is 7.06. The Bertz CT molecular complexity index is 453. The molecule has 3 rings (SSSR count). The molecular weight excluding hydrogens is 249 g/mol. The van der Waals surface area contributed by atoms with Crippen LogP contribution in [-0.4, -0.2) is 36.3 Å². The lowest BCUT2D eigenvalue weighted by atomic mass is 9.67. The Labute approximate surface area is 122 Å². The van der Waals surface area contributed by atoms with E-state index in [1.165, 1.54) is 5.56 Å². The summed E-state index contributed by atoms with van der Waals surface area (Å²) in [5.74, 6) is 0.500.